The number of fused-ring (bicyclic) bond motifs is 1. The zero-order valence-corrected chi connectivity index (χ0v) is 22.6. The Hall–Kier alpha value is -3.63. The molecular weight excluding hydrogens is 486 g/mol. The molecule has 38 heavy (non-hydrogen) atoms. The number of anilines is 1. The SMILES string of the molecule is COc1cccc(CN(C)C(=O)C=Cc2cnc3c(c2)CN(CCN2CCOCC2)C(=O)N3)c1OC(C)C. The standard InChI is InChI=1S/C28H37N5O5/c1-20(2)38-26-22(6-5-7-24(26)36-4)18-31(3)25(34)9-8-21-16-23-19-33(28(35)30-27(23)29-17-21)11-10-32-12-14-37-15-13-32/h5-9,16-17,20H,10-15,18-19H2,1-4H3,(H,29,30,35). The van der Waals surface area contributed by atoms with Crippen LogP contribution in [-0.2, 0) is 22.6 Å². The molecule has 0 spiro atoms. The Morgan fingerprint density at radius 3 is 2.79 bits per heavy atom. The van der Waals surface area contributed by atoms with Gasteiger partial charge >= 0.3 is 6.03 Å². The molecule has 0 atom stereocenters. The summed E-state index contributed by atoms with van der Waals surface area (Å²) in [7, 11) is 3.35. The lowest BCUT2D eigenvalue weighted by Crippen LogP contribution is -2.45. The molecule has 10 heteroatoms. The summed E-state index contributed by atoms with van der Waals surface area (Å²) in [6, 6.07) is 7.48. The number of methoxy groups -OCH3 is 1. The van der Waals surface area contributed by atoms with E-state index >= 15 is 0 Å². The van der Waals surface area contributed by atoms with E-state index in [1.165, 1.54) is 6.08 Å². The first kappa shape index (κ1) is 27.4. The molecule has 0 saturated carbocycles. The maximum absolute atomic E-state index is 12.9. The van der Waals surface area contributed by atoms with E-state index in [4.69, 9.17) is 14.2 Å². The summed E-state index contributed by atoms with van der Waals surface area (Å²) in [6.45, 7) is 9.41. The minimum absolute atomic E-state index is 0.0254. The molecule has 2 aromatic rings. The van der Waals surface area contributed by atoms with Gasteiger partial charge in [-0.25, -0.2) is 9.78 Å². The van der Waals surface area contributed by atoms with Crippen LogP contribution in [0.2, 0.25) is 0 Å². The van der Waals surface area contributed by atoms with Crippen LogP contribution in [0, 0.1) is 0 Å². The third kappa shape index (κ3) is 7.02. The van der Waals surface area contributed by atoms with Crippen molar-refractivity contribution in [3.63, 3.8) is 0 Å². The molecule has 2 aliphatic rings. The van der Waals surface area contributed by atoms with Crippen LogP contribution in [0.25, 0.3) is 6.08 Å². The van der Waals surface area contributed by atoms with Crippen molar-refractivity contribution in [2.75, 3.05) is 58.9 Å². The highest BCUT2D eigenvalue weighted by atomic mass is 16.5. The van der Waals surface area contributed by atoms with Crippen molar-refractivity contribution in [2.45, 2.75) is 33.0 Å². The summed E-state index contributed by atoms with van der Waals surface area (Å²) in [5.41, 5.74) is 2.58. The molecule has 1 N–H and O–H groups in total. The van der Waals surface area contributed by atoms with Crippen LogP contribution in [0.4, 0.5) is 10.6 Å². The molecule has 1 aromatic heterocycles. The summed E-state index contributed by atoms with van der Waals surface area (Å²) in [5.74, 6) is 1.70. The van der Waals surface area contributed by atoms with Gasteiger partial charge < -0.3 is 24.0 Å². The number of urea groups is 1. The summed E-state index contributed by atoms with van der Waals surface area (Å²) in [6.07, 6.45) is 4.91. The molecule has 0 aliphatic carbocycles. The highest BCUT2D eigenvalue weighted by molar-refractivity contribution is 5.93. The smallest absolute Gasteiger partial charge is 0.323 e. The number of benzene rings is 1. The zero-order valence-electron chi connectivity index (χ0n) is 22.6. The summed E-state index contributed by atoms with van der Waals surface area (Å²) in [5, 5.41) is 2.87. The van der Waals surface area contributed by atoms with Gasteiger partial charge in [0.25, 0.3) is 0 Å². The van der Waals surface area contributed by atoms with Crippen LogP contribution < -0.4 is 14.8 Å². The second-order valence-corrected chi connectivity index (χ2v) is 9.72. The first-order chi connectivity index (χ1) is 18.3. The molecule has 2 aliphatic heterocycles. The molecular formula is C28H37N5O5. The topological polar surface area (TPSA) is 96.5 Å². The van der Waals surface area contributed by atoms with E-state index in [1.54, 1.807) is 36.2 Å². The third-order valence-corrected chi connectivity index (χ3v) is 6.49. The predicted molar refractivity (Wildman–Crippen MR) is 145 cm³/mol. The Balaban J connectivity index is 1.38. The average Bonchev–Trinajstić information content (AvgIpc) is 2.91. The number of likely N-dealkylation sites (N-methyl/N-ethyl adjacent to an activating group) is 1. The molecule has 1 saturated heterocycles. The van der Waals surface area contributed by atoms with Crippen molar-refractivity contribution in [3.05, 3.63) is 53.2 Å². The van der Waals surface area contributed by atoms with Gasteiger partial charge in [-0.1, -0.05) is 12.1 Å². The minimum Gasteiger partial charge on any atom is -0.493 e. The number of hydrogen-bond acceptors (Lipinski definition) is 7. The Bertz CT molecular complexity index is 1160. The fourth-order valence-electron chi connectivity index (χ4n) is 4.42. The first-order valence-corrected chi connectivity index (χ1v) is 12.9. The summed E-state index contributed by atoms with van der Waals surface area (Å²) in [4.78, 5) is 35.5. The first-order valence-electron chi connectivity index (χ1n) is 12.9. The number of rotatable bonds is 10. The molecule has 204 valence electrons. The minimum atomic E-state index is -0.151. The van der Waals surface area contributed by atoms with E-state index in [1.807, 2.05) is 38.1 Å². The van der Waals surface area contributed by atoms with Gasteiger partial charge in [0, 0.05) is 63.2 Å². The molecule has 0 unspecified atom stereocenters. The van der Waals surface area contributed by atoms with Crippen LogP contribution in [-0.4, -0.2) is 91.3 Å². The number of aromatic nitrogens is 1. The van der Waals surface area contributed by atoms with Crippen LogP contribution in [0.3, 0.4) is 0 Å². The zero-order chi connectivity index (χ0) is 27.1. The van der Waals surface area contributed by atoms with E-state index in [-0.39, 0.29) is 18.0 Å². The van der Waals surface area contributed by atoms with Gasteiger partial charge in [0.05, 0.1) is 33.0 Å². The number of pyridine rings is 1. The number of para-hydroxylation sites is 1. The third-order valence-electron chi connectivity index (χ3n) is 6.49. The number of carbonyl (C=O) groups excluding carboxylic acids is 2. The van der Waals surface area contributed by atoms with Crippen LogP contribution >= 0.6 is 0 Å². The van der Waals surface area contributed by atoms with Crippen LogP contribution in [0.15, 0.2) is 36.5 Å². The number of nitrogens with zero attached hydrogens (tertiary/aromatic N) is 4. The van der Waals surface area contributed by atoms with Gasteiger partial charge in [0.2, 0.25) is 5.91 Å². The second-order valence-electron chi connectivity index (χ2n) is 9.72. The molecule has 10 nitrogen and oxygen atoms in total. The van der Waals surface area contributed by atoms with Crippen molar-refractivity contribution < 1.29 is 23.8 Å². The second kappa shape index (κ2) is 12.7. The molecule has 4 rings (SSSR count). The molecule has 1 aromatic carbocycles. The molecule has 0 bridgehead atoms. The lowest BCUT2D eigenvalue weighted by atomic mass is 10.1. The predicted octanol–water partition coefficient (Wildman–Crippen LogP) is 3.23. The Kier molecular flexibility index (Phi) is 9.19. The number of ether oxygens (including phenoxy) is 3. The number of carbonyl (C=O) groups is 2. The van der Waals surface area contributed by atoms with E-state index < -0.39 is 0 Å². The number of hydrogen-bond donors (Lipinski definition) is 1. The molecule has 3 heterocycles. The van der Waals surface area contributed by atoms with Gasteiger partial charge in [0.15, 0.2) is 11.5 Å². The summed E-state index contributed by atoms with van der Waals surface area (Å²) < 4.78 is 16.8. The largest absolute Gasteiger partial charge is 0.493 e. The normalized spacial score (nSPS) is 15.9. The van der Waals surface area contributed by atoms with Crippen molar-refractivity contribution >= 4 is 23.8 Å². The van der Waals surface area contributed by atoms with E-state index in [2.05, 4.69) is 15.2 Å². The Morgan fingerprint density at radius 1 is 1.26 bits per heavy atom. The quantitative estimate of drug-likeness (QED) is 0.478. The lowest BCUT2D eigenvalue weighted by Gasteiger charge is -2.32. The van der Waals surface area contributed by atoms with Gasteiger partial charge in [-0.2, -0.15) is 0 Å². The van der Waals surface area contributed by atoms with Crippen LogP contribution in [0.5, 0.6) is 11.5 Å². The average molecular weight is 524 g/mol. The lowest BCUT2D eigenvalue weighted by molar-refractivity contribution is -0.125. The number of amides is 3. The number of nitrogens with one attached hydrogen (secondary N) is 1. The monoisotopic (exact) mass is 523 g/mol. The highest BCUT2D eigenvalue weighted by Gasteiger charge is 2.24. The Morgan fingerprint density at radius 2 is 2.05 bits per heavy atom. The highest BCUT2D eigenvalue weighted by Crippen LogP contribution is 2.32. The Labute approximate surface area is 224 Å². The maximum atomic E-state index is 12.9. The van der Waals surface area contributed by atoms with Gasteiger partial charge in [-0.05, 0) is 37.6 Å². The van der Waals surface area contributed by atoms with Crippen molar-refractivity contribution in [2.24, 2.45) is 0 Å². The molecule has 0 radical (unpaired) electrons. The van der Waals surface area contributed by atoms with Crippen LogP contribution in [0.1, 0.15) is 30.5 Å². The molecule has 1 fully saturated rings. The number of morpholine rings is 1. The van der Waals surface area contributed by atoms with Crippen molar-refractivity contribution in [1.29, 1.82) is 0 Å². The van der Waals surface area contributed by atoms with Crippen molar-refractivity contribution in [1.82, 2.24) is 19.7 Å². The van der Waals surface area contributed by atoms with Gasteiger partial charge in [0.1, 0.15) is 5.82 Å². The van der Waals surface area contributed by atoms with E-state index in [0.29, 0.717) is 37.0 Å². The summed E-state index contributed by atoms with van der Waals surface area (Å²) >= 11 is 0. The fourth-order valence-corrected chi connectivity index (χ4v) is 4.42. The van der Waals surface area contributed by atoms with E-state index in [9.17, 15) is 9.59 Å². The molecule has 3 amide bonds. The van der Waals surface area contributed by atoms with Crippen molar-refractivity contribution in [3.8, 4) is 11.5 Å². The van der Waals surface area contributed by atoms with E-state index in [0.717, 1.165) is 49.5 Å². The maximum Gasteiger partial charge on any atom is 0.323 e. The van der Waals surface area contributed by atoms with Gasteiger partial charge in [-0.3, -0.25) is 15.0 Å². The van der Waals surface area contributed by atoms with Gasteiger partial charge in [-0.15, -0.1) is 0 Å². The fraction of sp³-hybridized carbons (Fsp3) is 0.464.